The molecule has 2 atom stereocenters. The Morgan fingerprint density at radius 1 is 0.963 bits per heavy atom. The van der Waals surface area contributed by atoms with Gasteiger partial charge in [0.15, 0.2) is 0 Å². The lowest BCUT2D eigenvalue weighted by Gasteiger charge is -2.23. The number of carbonyl (C=O) groups is 2. The van der Waals surface area contributed by atoms with Crippen molar-refractivity contribution in [3.8, 4) is 0 Å². The van der Waals surface area contributed by atoms with E-state index in [1.165, 1.54) is 28.8 Å². The van der Waals surface area contributed by atoms with E-state index in [4.69, 9.17) is 0 Å². The fourth-order valence-corrected chi connectivity index (χ4v) is 5.24. The van der Waals surface area contributed by atoms with Crippen LogP contribution in [-0.2, 0) is 4.79 Å². The molecule has 2 aliphatic heterocycles. The van der Waals surface area contributed by atoms with Crippen LogP contribution in [0, 0.1) is 5.82 Å². The van der Waals surface area contributed by atoms with Crippen LogP contribution in [0.3, 0.4) is 0 Å². The third-order valence-electron chi connectivity index (χ3n) is 5.06. The molecule has 134 valence electrons. The summed E-state index contributed by atoms with van der Waals surface area (Å²) in [5.74, 6) is -0.0595. The lowest BCUT2D eigenvalue weighted by molar-refractivity contribution is -0.119. The predicted octanol–water partition coefficient (Wildman–Crippen LogP) is 4.56. The lowest BCUT2D eigenvalue weighted by atomic mass is 10.1. The number of imide groups is 1. The SMILES string of the molecule is O=C1C2CSC(c3cccc(F)c3)N2C(=O)N1c1cccc2ccccc12. The minimum Gasteiger partial charge on any atom is -0.295 e. The van der Waals surface area contributed by atoms with Gasteiger partial charge in [0.25, 0.3) is 5.91 Å². The lowest BCUT2D eigenvalue weighted by Crippen LogP contribution is -2.34. The van der Waals surface area contributed by atoms with E-state index in [1.807, 2.05) is 36.4 Å². The highest BCUT2D eigenvalue weighted by Gasteiger charge is 2.53. The standard InChI is InChI=1S/C21H15FN2O2S/c22-15-8-3-7-14(11-15)20-24-18(12-27-20)19(25)23(21(24)26)17-10-4-6-13-5-1-2-9-16(13)17/h1-11,18,20H,12H2. The van der Waals surface area contributed by atoms with Crippen molar-refractivity contribution in [3.63, 3.8) is 0 Å². The molecular weight excluding hydrogens is 363 g/mol. The Morgan fingerprint density at radius 2 is 1.74 bits per heavy atom. The zero-order chi connectivity index (χ0) is 18.5. The van der Waals surface area contributed by atoms with Crippen molar-refractivity contribution >= 4 is 40.2 Å². The maximum atomic E-state index is 13.7. The highest BCUT2D eigenvalue weighted by molar-refractivity contribution is 7.99. The van der Waals surface area contributed by atoms with Crippen LogP contribution < -0.4 is 4.90 Å². The molecule has 3 aromatic rings. The number of halogens is 1. The summed E-state index contributed by atoms with van der Waals surface area (Å²) in [6, 6.07) is 18.6. The van der Waals surface area contributed by atoms with Gasteiger partial charge in [0.2, 0.25) is 0 Å². The number of carbonyl (C=O) groups excluding carboxylic acids is 2. The number of benzene rings is 3. The van der Waals surface area contributed by atoms with Crippen LogP contribution in [0.4, 0.5) is 14.9 Å². The molecule has 3 amide bonds. The van der Waals surface area contributed by atoms with Gasteiger partial charge in [-0.1, -0.05) is 48.5 Å². The average molecular weight is 378 g/mol. The molecular formula is C21H15FN2O2S. The van der Waals surface area contributed by atoms with E-state index in [2.05, 4.69) is 0 Å². The summed E-state index contributed by atoms with van der Waals surface area (Å²) >= 11 is 1.50. The minimum absolute atomic E-state index is 0.220. The van der Waals surface area contributed by atoms with Crippen molar-refractivity contribution in [2.75, 3.05) is 10.7 Å². The van der Waals surface area contributed by atoms with Gasteiger partial charge in [-0.2, -0.15) is 0 Å². The van der Waals surface area contributed by atoms with Gasteiger partial charge in [0.05, 0.1) is 5.69 Å². The molecule has 4 nitrogen and oxygen atoms in total. The molecule has 0 bridgehead atoms. The smallest absolute Gasteiger partial charge is 0.295 e. The van der Waals surface area contributed by atoms with Gasteiger partial charge in [-0.3, -0.25) is 9.69 Å². The first kappa shape index (κ1) is 16.3. The molecule has 2 fully saturated rings. The average Bonchev–Trinajstić information content (AvgIpc) is 3.22. The summed E-state index contributed by atoms with van der Waals surface area (Å²) in [5.41, 5.74) is 1.30. The van der Waals surface area contributed by atoms with Crippen molar-refractivity contribution in [1.82, 2.24) is 4.90 Å². The van der Waals surface area contributed by atoms with Crippen LogP contribution in [0.2, 0.25) is 0 Å². The maximum Gasteiger partial charge on any atom is 0.333 e. The molecule has 0 saturated carbocycles. The van der Waals surface area contributed by atoms with Crippen LogP contribution in [0.1, 0.15) is 10.9 Å². The molecule has 2 saturated heterocycles. The molecule has 2 aliphatic rings. The molecule has 0 spiro atoms. The van der Waals surface area contributed by atoms with E-state index in [9.17, 15) is 14.0 Å². The van der Waals surface area contributed by atoms with E-state index in [0.29, 0.717) is 17.0 Å². The number of hydrogen-bond acceptors (Lipinski definition) is 3. The van der Waals surface area contributed by atoms with Crippen molar-refractivity contribution in [1.29, 1.82) is 0 Å². The van der Waals surface area contributed by atoms with Gasteiger partial charge < -0.3 is 0 Å². The van der Waals surface area contributed by atoms with E-state index in [1.54, 1.807) is 23.1 Å². The Labute approximate surface area is 159 Å². The summed E-state index contributed by atoms with van der Waals surface area (Å²) in [5, 5.41) is 1.47. The quantitative estimate of drug-likeness (QED) is 0.614. The molecule has 27 heavy (non-hydrogen) atoms. The molecule has 0 aliphatic carbocycles. The van der Waals surface area contributed by atoms with E-state index in [-0.39, 0.29) is 23.1 Å². The first-order chi connectivity index (χ1) is 13.1. The van der Waals surface area contributed by atoms with Gasteiger partial charge >= 0.3 is 6.03 Å². The Bertz CT molecular complexity index is 1080. The Balaban J connectivity index is 1.58. The fourth-order valence-electron chi connectivity index (χ4n) is 3.83. The number of rotatable bonds is 2. The van der Waals surface area contributed by atoms with Crippen molar-refractivity contribution in [2.45, 2.75) is 11.4 Å². The van der Waals surface area contributed by atoms with E-state index >= 15 is 0 Å². The molecule has 0 aromatic heterocycles. The minimum atomic E-state index is -0.519. The highest BCUT2D eigenvalue weighted by Crippen LogP contribution is 2.46. The number of urea groups is 1. The highest BCUT2D eigenvalue weighted by atomic mass is 32.2. The summed E-state index contributed by atoms with van der Waals surface area (Å²) < 4.78 is 13.7. The Hall–Kier alpha value is -2.86. The van der Waals surface area contributed by atoms with E-state index in [0.717, 1.165) is 10.8 Å². The molecule has 0 N–H and O–H groups in total. The van der Waals surface area contributed by atoms with Crippen LogP contribution in [0.15, 0.2) is 66.7 Å². The summed E-state index contributed by atoms with van der Waals surface area (Å²) in [6.45, 7) is 0. The molecule has 2 unspecified atom stereocenters. The normalized spacial score (nSPS) is 22.0. The van der Waals surface area contributed by atoms with Gasteiger partial charge in [-0.05, 0) is 29.1 Å². The molecule has 2 heterocycles. The number of nitrogens with zero attached hydrogens (tertiary/aromatic N) is 2. The van der Waals surface area contributed by atoms with Gasteiger partial charge in [-0.15, -0.1) is 11.8 Å². The number of thioether (sulfide) groups is 1. The monoisotopic (exact) mass is 378 g/mol. The van der Waals surface area contributed by atoms with Gasteiger partial charge in [0, 0.05) is 11.1 Å². The fraction of sp³-hybridized carbons (Fsp3) is 0.143. The largest absolute Gasteiger partial charge is 0.333 e. The van der Waals surface area contributed by atoms with Crippen LogP contribution in [0.25, 0.3) is 10.8 Å². The second kappa shape index (κ2) is 6.09. The van der Waals surface area contributed by atoms with Crippen LogP contribution >= 0.6 is 11.8 Å². The predicted molar refractivity (Wildman–Crippen MR) is 104 cm³/mol. The molecule has 3 aromatic carbocycles. The molecule has 6 heteroatoms. The van der Waals surface area contributed by atoms with Crippen LogP contribution in [0.5, 0.6) is 0 Å². The zero-order valence-electron chi connectivity index (χ0n) is 14.2. The number of hydrogen-bond donors (Lipinski definition) is 0. The summed E-state index contributed by atoms with van der Waals surface area (Å²) in [4.78, 5) is 29.2. The zero-order valence-corrected chi connectivity index (χ0v) is 15.0. The van der Waals surface area contributed by atoms with Crippen molar-refractivity contribution < 1.29 is 14.0 Å². The van der Waals surface area contributed by atoms with E-state index < -0.39 is 6.04 Å². The molecule has 0 radical (unpaired) electrons. The van der Waals surface area contributed by atoms with Crippen molar-refractivity contribution in [2.24, 2.45) is 0 Å². The number of anilines is 1. The second-order valence-corrected chi connectivity index (χ2v) is 7.73. The first-order valence-electron chi connectivity index (χ1n) is 8.66. The first-order valence-corrected chi connectivity index (χ1v) is 9.71. The summed E-state index contributed by atoms with van der Waals surface area (Å²) in [6.07, 6.45) is 0. The van der Waals surface area contributed by atoms with Gasteiger partial charge in [0.1, 0.15) is 17.2 Å². The Kier molecular flexibility index (Phi) is 3.68. The van der Waals surface area contributed by atoms with Gasteiger partial charge in [-0.25, -0.2) is 14.1 Å². The Morgan fingerprint density at radius 3 is 2.59 bits per heavy atom. The maximum absolute atomic E-state index is 13.7. The van der Waals surface area contributed by atoms with Crippen LogP contribution in [-0.4, -0.2) is 28.6 Å². The summed E-state index contributed by atoms with van der Waals surface area (Å²) in [7, 11) is 0. The third-order valence-corrected chi connectivity index (χ3v) is 6.38. The number of fused-ring (bicyclic) bond motifs is 2. The molecule has 5 rings (SSSR count). The van der Waals surface area contributed by atoms with Crippen molar-refractivity contribution in [3.05, 3.63) is 78.1 Å². The second-order valence-electron chi connectivity index (χ2n) is 6.62. The topological polar surface area (TPSA) is 40.6 Å². The number of amides is 3. The third kappa shape index (κ3) is 2.44.